The maximum absolute atomic E-state index is 14.2. The Kier molecular flexibility index (Phi) is 7.76. The second kappa shape index (κ2) is 11.1. The molecular weight excluding hydrogens is 437 g/mol. The van der Waals surface area contributed by atoms with Gasteiger partial charge < -0.3 is 10.1 Å². The zero-order chi connectivity index (χ0) is 23.0. The van der Waals surface area contributed by atoms with Gasteiger partial charge in [0.15, 0.2) is 11.6 Å². The van der Waals surface area contributed by atoms with Crippen molar-refractivity contribution in [2.75, 3.05) is 25.5 Å². The molecule has 1 N–H and O–H groups in total. The quantitative estimate of drug-likeness (QED) is 0.271. The first-order valence-electron chi connectivity index (χ1n) is 11.0. The van der Waals surface area contributed by atoms with E-state index in [9.17, 15) is 4.39 Å². The summed E-state index contributed by atoms with van der Waals surface area (Å²) in [6.45, 7) is 3.13. The summed E-state index contributed by atoms with van der Waals surface area (Å²) in [5.41, 5.74) is 4.08. The van der Waals surface area contributed by atoms with Crippen molar-refractivity contribution in [2.45, 2.75) is 19.5 Å². The molecule has 0 fully saturated rings. The summed E-state index contributed by atoms with van der Waals surface area (Å²) < 4.78 is 19.3. The second-order valence-corrected chi connectivity index (χ2v) is 8.40. The molecule has 170 valence electrons. The lowest BCUT2D eigenvalue weighted by Gasteiger charge is -2.23. The van der Waals surface area contributed by atoms with E-state index in [0.29, 0.717) is 11.6 Å². The lowest BCUT2D eigenvalue weighted by atomic mass is 10.1. The Hall–Kier alpha value is -3.15. The molecule has 4 nitrogen and oxygen atoms in total. The number of pyridine rings is 1. The molecule has 0 aliphatic heterocycles. The third-order valence-electron chi connectivity index (χ3n) is 5.54. The van der Waals surface area contributed by atoms with Crippen LogP contribution >= 0.6 is 11.6 Å². The Morgan fingerprint density at radius 1 is 0.970 bits per heavy atom. The SMILES string of the molecule is COc1ccc(CN(CCCNc2ccnc3cc(Cl)ccc23)Cc2ccccc2)cc1F. The van der Waals surface area contributed by atoms with E-state index in [1.807, 2.05) is 48.5 Å². The lowest BCUT2D eigenvalue weighted by Crippen LogP contribution is -2.25. The van der Waals surface area contributed by atoms with Crippen LogP contribution in [0.1, 0.15) is 17.5 Å². The number of nitrogens with one attached hydrogen (secondary N) is 1. The van der Waals surface area contributed by atoms with Gasteiger partial charge in [-0.15, -0.1) is 0 Å². The molecule has 33 heavy (non-hydrogen) atoms. The predicted octanol–water partition coefficient (Wildman–Crippen LogP) is 6.54. The molecule has 0 amide bonds. The lowest BCUT2D eigenvalue weighted by molar-refractivity contribution is 0.255. The van der Waals surface area contributed by atoms with Gasteiger partial charge in [0.1, 0.15) is 0 Å². The molecule has 0 saturated carbocycles. The molecule has 0 unspecified atom stereocenters. The second-order valence-electron chi connectivity index (χ2n) is 7.97. The van der Waals surface area contributed by atoms with Gasteiger partial charge in [-0.05, 0) is 53.9 Å². The average Bonchev–Trinajstić information content (AvgIpc) is 2.82. The van der Waals surface area contributed by atoms with Crippen LogP contribution in [-0.2, 0) is 13.1 Å². The third kappa shape index (κ3) is 6.21. The predicted molar refractivity (Wildman–Crippen MR) is 133 cm³/mol. The number of anilines is 1. The molecule has 4 aromatic rings. The number of halogens is 2. The highest BCUT2D eigenvalue weighted by molar-refractivity contribution is 6.31. The number of rotatable bonds is 10. The number of fused-ring (bicyclic) bond motifs is 1. The van der Waals surface area contributed by atoms with Gasteiger partial charge in [0.2, 0.25) is 0 Å². The Labute approximate surface area is 199 Å². The van der Waals surface area contributed by atoms with Crippen LogP contribution in [0.3, 0.4) is 0 Å². The van der Waals surface area contributed by atoms with Crippen LogP contribution in [0.2, 0.25) is 5.02 Å². The number of hydrogen-bond donors (Lipinski definition) is 1. The Morgan fingerprint density at radius 2 is 1.79 bits per heavy atom. The van der Waals surface area contributed by atoms with E-state index in [-0.39, 0.29) is 11.6 Å². The Morgan fingerprint density at radius 3 is 2.58 bits per heavy atom. The highest BCUT2D eigenvalue weighted by Gasteiger charge is 2.10. The molecule has 0 aliphatic carbocycles. The number of nitrogens with zero attached hydrogens (tertiary/aromatic N) is 2. The molecule has 3 aromatic carbocycles. The van der Waals surface area contributed by atoms with E-state index < -0.39 is 0 Å². The number of aromatic nitrogens is 1. The van der Waals surface area contributed by atoms with Crippen LogP contribution in [-0.4, -0.2) is 30.1 Å². The summed E-state index contributed by atoms with van der Waals surface area (Å²) >= 11 is 6.10. The van der Waals surface area contributed by atoms with Gasteiger partial charge in [0.25, 0.3) is 0 Å². The molecule has 4 rings (SSSR count). The van der Waals surface area contributed by atoms with Gasteiger partial charge in [-0.25, -0.2) is 4.39 Å². The maximum atomic E-state index is 14.2. The first-order valence-corrected chi connectivity index (χ1v) is 11.4. The van der Waals surface area contributed by atoms with Crippen molar-refractivity contribution in [1.29, 1.82) is 0 Å². The molecule has 0 aliphatic rings. The summed E-state index contributed by atoms with van der Waals surface area (Å²) in [4.78, 5) is 6.74. The summed E-state index contributed by atoms with van der Waals surface area (Å²) in [6, 6.07) is 23.2. The number of benzene rings is 3. The van der Waals surface area contributed by atoms with E-state index in [2.05, 4.69) is 27.3 Å². The van der Waals surface area contributed by atoms with Crippen molar-refractivity contribution in [3.05, 3.63) is 101 Å². The van der Waals surface area contributed by atoms with Crippen LogP contribution in [0.25, 0.3) is 10.9 Å². The minimum absolute atomic E-state index is 0.267. The van der Waals surface area contributed by atoms with Gasteiger partial charge >= 0.3 is 0 Å². The Balaban J connectivity index is 1.40. The molecule has 0 radical (unpaired) electrons. The van der Waals surface area contributed by atoms with Crippen molar-refractivity contribution in [3.63, 3.8) is 0 Å². The first kappa shape index (κ1) is 23.0. The monoisotopic (exact) mass is 463 g/mol. The summed E-state index contributed by atoms with van der Waals surface area (Å²) in [6.07, 6.45) is 2.73. The highest BCUT2D eigenvalue weighted by atomic mass is 35.5. The number of hydrogen-bond acceptors (Lipinski definition) is 4. The van der Waals surface area contributed by atoms with E-state index >= 15 is 0 Å². The number of methoxy groups -OCH3 is 1. The minimum atomic E-state index is -0.332. The van der Waals surface area contributed by atoms with Gasteiger partial charge in [0, 0.05) is 48.5 Å². The minimum Gasteiger partial charge on any atom is -0.494 e. The first-order chi connectivity index (χ1) is 16.1. The van der Waals surface area contributed by atoms with Crippen LogP contribution < -0.4 is 10.1 Å². The van der Waals surface area contributed by atoms with Crippen LogP contribution in [0, 0.1) is 5.82 Å². The van der Waals surface area contributed by atoms with E-state index in [1.54, 1.807) is 18.3 Å². The fraction of sp³-hybridized carbons (Fsp3) is 0.222. The third-order valence-corrected chi connectivity index (χ3v) is 5.78. The van der Waals surface area contributed by atoms with Crippen molar-refractivity contribution >= 4 is 28.2 Å². The fourth-order valence-electron chi connectivity index (χ4n) is 3.92. The van der Waals surface area contributed by atoms with Crippen LogP contribution in [0.4, 0.5) is 10.1 Å². The van der Waals surface area contributed by atoms with Crippen LogP contribution in [0.15, 0.2) is 79.0 Å². The molecule has 6 heteroatoms. The normalized spacial score (nSPS) is 11.2. The summed E-state index contributed by atoms with van der Waals surface area (Å²) in [5.74, 6) is -0.0654. The summed E-state index contributed by atoms with van der Waals surface area (Å²) in [5, 5.41) is 5.26. The maximum Gasteiger partial charge on any atom is 0.165 e. The van der Waals surface area contributed by atoms with E-state index in [4.69, 9.17) is 16.3 Å². The topological polar surface area (TPSA) is 37.4 Å². The van der Waals surface area contributed by atoms with Crippen molar-refractivity contribution in [1.82, 2.24) is 9.88 Å². The van der Waals surface area contributed by atoms with Gasteiger partial charge in [0.05, 0.1) is 12.6 Å². The molecule has 1 aromatic heterocycles. The summed E-state index contributed by atoms with van der Waals surface area (Å²) in [7, 11) is 1.48. The molecule has 0 spiro atoms. The van der Waals surface area contributed by atoms with Gasteiger partial charge in [-0.2, -0.15) is 0 Å². The molecule has 0 saturated heterocycles. The van der Waals surface area contributed by atoms with Gasteiger partial charge in [-0.1, -0.05) is 48.0 Å². The molecule has 1 heterocycles. The van der Waals surface area contributed by atoms with Crippen molar-refractivity contribution < 1.29 is 9.13 Å². The van der Waals surface area contributed by atoms with Gasteiger partial charge in [-0.3, -0.25) is 9.88 Å². The molecule has 0 bridgehead atoms. The Bertz CT molecular complexity index is 1200. The average molecular weight is 464 g/mol. The van der Waals surface area contributed by atoms with Crippen molar-refractivity contribution in [3.8, 4) is 5.75 Å². The standard InChI is InChI=1S/C27H27ClFN3O/c1-33-27-11-8-21(16-24(27)29)19-32(18-20-6-3-2-4-7-20)15-5-13-30-25-12-14-31-26-17-22(28)9-10-23(25)26/h2-4,6-12,14,16-17H,5,13,15,18-19H2,1H3,(H,30,31). The smallest absolute Gasteiger partial charge is 0.165 e. The molecular formula is C27H27ClFN3O. The number of ether oxygens (including phenoxy) is 1. The molecule has 0 atom stereocenters. The zero-order valence-corrected chi connectivity index (χ0v) is 19.4. The zero-order valence-electron chi connectivity index (χ0n) is 18.6. The van der Waals surface area contributed by atoms with E-state index in [0.717, 1.165) is 48.2 Å². The van der Waals surface area contributed by atoms with Crippen molar-refractivity contribution in [2.24, 2.45) is 0 Å². The van der Waals surface area contributed by atoms with E-state index in [1.165, 1.54) is 12.7 Å². The largest absolute Gasteiger partial charge is 0.494 e. The highest BCUT2D eigenvalue weighted by Crippen LogP contribution is 2.24. The van der Waals surface area contributed by atoms with Crippen LogP contribution in [0.5, 0.6) is 5.75 Å². The fourth-order valence-corrected chi connectivity index (χ4v) is 4.09.